The van der Waals surface area contributed by atoms with Crippen LogP contribution in [-0.4, -0.2) is 48.6 Å². The van der Waals surface area contributed by atoms with Gasteiger partial charge in [-0.2, -0.15) is 0 Å². The highest BCUT2D eigenvalue weighted by Crippen LogP contribution is 2.22. The molecule has 1 amide bonds. The second kappa shape index (κ2) is 8.14. The minimum atomic E-state index is 0.00744. The van der Waals surface area contributed by atoms with Crippen molar-refractivity contribution in [2.24, 2.45) is 5.92 Å². The lowest BCUT2D eigenvalue weighted by Gasteiger charge is -2.36. The van der Waals surface area contributed by atoms with E-state index in [1.54, 1.807) is 0 Å². The Morgan fingerprint density at radius 3 is 2.71 bits per heavy atom. The number of nitrogens with zero attached hydrogens (tertiary/aromatic N) is 1. The quantitative estimate of drug-likeness (QED) is 0.721. The molecule has 3 unspecified atom stereocenters. The lowest BCUT2D eigenvalue weighted by atomic mass is 9.96. The summed E-state index contributed by atoms with van der Waals surface area (Å²) in [7, 11) is 0. The monoisotopic (exact) mass is 295 g/mol. The molecule has 0 aromatic heterocycles. The van der Waals surface area contributed by atoms with Crippen LogP contribution in [0, 0.1) is 5.92 Å². The smallest absolute Gasteiger partial charge is 0.237 e. The molecule has 122 valence electrons. The minimum absolute atomic E-state index is 0.00744. The van der Waals surface area contributed by atoms with Crippen molar-refractivity contribution in [3.8, 4) is 0 Å². The second-order valence-electron chi connectivity index (χ2n) is 7.06. The van der Waals surface area contributed by atoms with Crippen molar-refractivity contribution >= 4 is 5.91 Å². The van der Waals surface area contributed by atoms with Gasteiger partial charge in [-0.3, -0.25) is 9.69 Å². The fraction of sp³-hybridized carbons (Fsp3) is 0.941. The number of piperidine rings is 1. The fourth-order valence-electron chi connectivity index (χ4n) is 3.27. The van der Waals surface area contributed by atoms with Crippen molar-refractivity contribution < 1.29 is 4.79 Å². The highest BCUT2D eigenvalue weighted by molar-refractivity contribution is 5.81. The molecule has 1 saturated heterocycles. The summed E-state index contributed by atoms with van der Waals surface area (Å²) in [5, 5.41) is 6.79. The third-order valence-corrected chi connectivity index (χ3v) is 4.86. The first-order valence-electron chi connectivity index (χ1n) is 8.88. The zero-order valence-electron chi connectivity index (χ0n) is 14.0. The van der Waals surface area contributed by atoms with Crippen molar-refractivity contribution in [3.05, 3.63) is 0 Å². The van der Waals surface area contributed by atoms with E-state index in [1.165, 1.54) is 25.7 Å². The predicted octanol–water partition coefficient (Wildman–Crippen LogP) is 2.14. The van der Waals surface area contributed by atoms with Gasteiger partial charge in [-0.25, -0.2) is 0 Å². The SMILES string of the molecule is CCCC(C)NC(=O)C(C)N1CCCC(CNC2CC2)C1. The van der Waals surface area contributed by atoms with Gasteiger partial charge < -0.3 is 10.6 Å². The molecule has 1 aliphatic carbocycles. The van der Waals surface area contributed by atoms with Crippen LogP contribution in [0.1, 0.15) is 59.3 Å². The zero-order chi connectivity index (χ0) is 15.2. The van der Waals surface area contributed by atoms with Crippen LogP contribution in [0.3, 0.4) is 0 Å². The molecule has 1 heterocycles. The number of amides is 1. The van der Waals surface area contributed by atoms with Crippen LogP contribution in [0.2, 0.25) is 0 Å². The number of hydrogen-bond donors (Lipinski definition) is 2. The van der Waals surface area contributed by atoms with Crippen LogP contribution in [0.15, 0.2) is 0 Å². The first-order valence-corrected chi connectivity index (χ1v) is 8.88. The number of rotatable bonds is 8. The third kappa shape index (κ3) is 5.59. The summed E-state index contributed by atoms with van der Waals surface area (Å²) in [6.07, 6.45) is 7.41. The predicted molar refractivity (Wildman–Crippen MR) is 87.3 cm³/mol. The van der Waals surface area contributed by atoms with E-state index in [9.17, 15) is 4.79 Å². The molecule has 0 radical (unpaired) electrons. The summed E-state index contributed by atoms with van der Waals surface area (Å²) in [6, 6.07) is 1.09. The largest absolute Gasteiger partial charge is 0.352 e. The van der Waals surface area contributed by atoms with Crippen molar-refractivity contribution in [1.82, 2.24) is 15.5 Å². The van der Waals surface area contributed by atoms with Crippen LogP contribution in [0.4, 0.5) is 0 Å². The maximum Gasteiger partial charge on any atom is 0.237 e. The maximum atomic E-state index is 12.3. The van der Waals surface area contributed by atoms with E-state index in [-0.39, 0.29) is 11.9 Å². The maximum absolute atomic E-state index is 12.3. The first kappa shape index (κ1) is 16.8. The molecule has 0 spiro atoms. The van der Waals surface area contributed by atoms with E-state index in [2.05, 4.69) is 36.3 Å². The molecule has 1 saturated carbocycles. The molecule has 1 aliphatic heterocycles. The Bertz CT molecular complexity index is 330. The topological polar surface area (TPSA) is 44.4 Å². The number of nitrogens with one attached hydrogen (secondary N) is 2. The van der Waals surface area contributed by atoms with Crippen molar-refractivity contribution in [2.45, 2.75) is 77.4 Å². The Hall–Kier alpha value is -0.610. The summed E-state index contributed by atoms with van der Waals surface area (Å²) < 4.78 is 0. The van der Waals surface area contributed by atoms with Crippen molar-refractivity contribution in [2.75, 3.05) is 19.6 Å². The van der Waals surface area contributed by atoms with Crippen molar-refractivity contribution in [3.63, 3.8) is 0 Å². The molecule has 2 fully saturated rings. The lowest BCUT2D eigenvalue weighted by Crippen LogP contribution is -2.51. The molecular weight excluding hydrogens is 262 g/mol. The van der Waals surface area contributed by atoms with Gasteiger partial charge in [0.2, 0.25) is 5.91 Å². The van der Waals surface area contributed by atoms with Crippen LogP contribution < -0.4 is 10.6 Å². The Kier molecular flexibility index (Phi) is 6.49. The van der Waals surface area contributed by atoms with Crippen LogP contribution in [0.25, 0.3) is 0 Å². The average molecular weight is 295 g/mol. The van der Waals surface area contributed by atoms with E-state index in [1.807, 2.05) is 0 Å². The average Bonchev–Trinajstić information content (AvgIpc) is 3.29. The number of carbonyl (C=O) groups excluding carboxylic acids is 1. The lowest BCUT2D eigenvalue weighted by molar-refractivity contribution is -0.127. The second-order valence-corrected chi connectivity index (χ2v) is 7.06. The molecular formula is C17H33N3O. The van der Waals surface area contributed by atoms with Gasteiger partial charge in [-0.05, 0) is 65.0 Å². The van der Waals surface area contributed by atoms with E-state index in [4.69, 9.17) is 0 Å². The van der Waals surface area contributed by atoms with Gasteiger partial charge in [-0.15, -0.1) is 0 Å². The van der Waals surface area contributed by atoms with Crippen LogP contribution >= 0.6 is 0 Å². The van der Waals surface area contributed by atoms with Gasteiger partial charge in [0.1, 0.15) is 0 Å². The Morgan fingerprint density at radius 1 is 1.29 bits per heavy atom. The fourth-order valence-corrected chi connectivity index (χ4v) is 3.27. The molecule has 3 atom stereocenters. The molecule has 2 rings (SSSR count). The molecule has 4 heteroatoms. The summed E-state index contributed by atoms with van der Waals surface area (Å²) >= 11 is 0. The van der Waals surface area contributed by atoms with E-state index < -0.39 is 0 Å². The molecule has 0 aromatic rings. The minimum Gasteiger partial charge on any atom is -0.352 e. The van der Waals surface area contributed by atoms with Crippen LogP contribution in [-0.2, 0) is 4.79 Å². The summed E-state index contributed by atoms with van der Waals surface area (Å²) in [5.74, 6) is 0.911. The number of carbonyl (C=O) groups is 1. The third-order valence-electron chi connectivity index (χ3n) is 4.86. The number of hydrogen-bond acceptors (Lipinski definition) is 3. The summed E-state index contributed by atoms with van der Waals surface area (Å²) in [4.78, 5) is 14.7. The molecule has 2 aliphatic rings. The van der Waals surface area contributed by atoms with Gasteiger partial charge in [-0.1, -0.05) is 13.3 Å². The van der Waals surface area contributed by atoms with E-state index in [0.29, 0.717) is 12.0 Å². The standard InChI is InChI=1S/C17H33N3O/c1-4-6-13(2)19-17(21)14(3)20-10-5-7-15(12-20)11-18-16-8-9-16/h13-16,18H,4-12H2,1-3H3,(H,19,21). The highest BCUT2D eigenvalue weighted by Gasteiger charge is 2.29. The van der Waals surface area contributed by atoms with Gasteiger partial charge in [0.05, 0.1) is 6.04 Å². The van der Waals surface area contributed by atoms with Gasteiger partial charge in [0, 0.05) is 18.6 Å². The van der Waals surface area contributed by atoms with Crippen LogP contribution in [0.5, 0.6) is 0 Å². The Morgan fingerprint density at radius 2 is 2.05 bits per heavy atom. The zero-order valence-corrected chi connectivity index (χ0v) is 14.0. The Balaban J connectivity index is 1.74. The first-order chi connectivity index (χ1) is 10.1. The molecule has 2 N–H and O–H groups in total. The highest BCUT2D eigenvalue weighted by atomic mass is 16.2. The van der Waals surface area contributed by atoms with Crippen molar-refractivity contribution in [1.29, 1.82) is 0 Å². The Labute approximate surface area is 130 Å². The van der Waals surface area contributed by atoms with Gasteiger partial charge in [0.25, 0.3) is 0 Å². The summed E-state index contributed by atoms with van der Waals surface area (Å²) in [6.45, 7) is 9.58. The molecule has 21 heavy (non-hydrogen) atoms. The molecule has 0 aromatic carbocycles. The molecule has 4 nitrogen and oxygen atoms in total. The van der Waals surface area contributed by atoms with Gasteiger partial charge in [0.15, 0.2) is 0 Å². The van der Waals surface area contributed by atoms with E-state index >= 15 is 0 Å². The summed E-state index contributed by atoms with van der Waals surface area (Å²) in [5.41, 5.74) is 0. The molecule has 0 bridgehead atoms. The van der Waals surface area contributed by atoms with E-state index in [0.717, 1.165) is 38.5 Å². The normalized spacial score (nSPS) is 26.3. The number of likely N-dealkylation sites (tertiary alicyclic amines) is 1. The van der Waals surface area contributed by atoms with Gasteiger partial charge >= 0.3 is 0 Å².